The molecule has 2 aliphatic rings. The first-order valence-corrected chi connectivity index (χ1v) is 9.82. The van der Waals surface area contributed by atoms with E-state index in [-0.39, 0.29) is 38.0 Å². The van der Waals surface area contributed by atoms with Crippen molar-refractivity contribution in [3.8, 4) is 17.6 Å². The lowest BCUT2D eigenvalue weighted by Crippen LogP contribution is -2.36. The number of amides is 3. The molecule has 3 amide bonds. The number of anilines is 1. The van der Waals surface area contributed by atoms with Crippen molar-refractivity contribution in [1.29, 1.82) is 5.26 Å². The first kappa shape index (κ1) is 19.0. The van der Waals surface area contributed by atoms with Crippen LogP contribution in [0.1, 0.15) is 34.4 Å². The molecule has 4 rings (SSSR count). The minimum atomic E-state index is -0.499. The highest BCUT2D eigenvalue weighted by molar-refractivity contribution is 7.16. The summed E-state index contributed by atoms with van der Waals surface area (Å²) in [5.41, 5.74) is 2.17. The Kier molecular flexibility index (Phi) is 4.94. The fourth-order valence-electron chi connectivity index (χ4n) is 3.30. The van der Waals surface area contributed by atoms with Crippen LogP contribution in [0.3, 0.4) is 0 Å². The van der Waals surface area contributed by atoms with Gasteiger partial charge in [0.1, 0.15) is 17.6 Å². The molecule has 148 valence electrons. The molecule has 0 spiro atoms. The molecule has 0 atom stereocenters. The summed E-state index contributed by atoms with van der Waals surface area (Å²) < 4.78 is 10.7. The third-order valence-electron chi connectivity index (χ3n) is 4.87. The SMILES string of the molecule is Cc1c(Cc2ccc3c(c2)OCO3)sc(NC(=O)CN2C(=O)CCC2=O)c1C#N. The van der Waals surface area contributed by atoms with Crippen molar-refractivity contribution >= 4 is 34.1 Å². The third kappa shape index (κ3) is 3.67. The van der Waals surface area contributed by atoms with Crippen LogP contribution in [0.5, 0.6) is 11.5 Å². The van der Waals surface area contributed by atoms with Gasteiger partial charge in [-0.05, 0) is 30.2 Å². The summed E-state index contributed by atoms with van der Waals surface area (Å²) in [6.45, 7) is 1.70. The lowest BCUT2D eigenvalue weighted by Gasteiger charge is -2.12. The second-order valence-corrected chi connectivity index (χ2v) is 7.86. The van der Waals surface area contributed by atoms with Gasteiger partial charge in [-0.1, -0.05) is 6.07 Å². The number of ether oxygens (including phenoxy) is 2. The number of nitrogens with one attached hydrogen (secondary N) is 1. The Morgan fingerprint density at radius 2 is 1.97 bits per heavy atom. The third-order valence-corrected chi connectivity index (χ3v) is 6.08. The van der Waals surface area contributed by atoms with E-state index in [1.54, 1.807) is 0 Å². The lowest BCUT2D eigenvalue weighted by molar-refractivity contribution is -0.141. The quantitative estimate of drug-likeness (QED) is 0.757. The zero-order chi connectivity index (χ0) is 20.5. The van der Waals surface area contributed by atoms with Crippen molar-refractivity contribution in [3.05, 3.63) is 39.8 Å². The molecule has 3 heterocycles. The average Bonchev–Trinajstić information content (AvgIpc) is 3.36. The van der Waals surface area contributed by atoms with Crippen LogP contribution in [0.25, 0.3) is 0 Å². The van der Waals surface area contributed by atoms with Crippen LogP contribution in [-0.2, 0) is 20.8 Å². The molecule has 1 aromatic carbocycles. The van der Waals surface area contributed by atoms with Gasteiger partial charge in [-0.15, -0.1) is 11.3 Å². The van der Waals surface area contributed by atoms with Crippen molar-refractivity contribution in [2.24, 2.45) is 0 Å². The molecule has 0 bridgehead atoms. The number of nitriles is 1. The number of rotatable bonds is 5. The van der Waals surface area contributed by atoms with Crippen LogP contribution in [0, 0.1) is 18.3 Å². The Hall–Kier alpha value is -3.38. The summed E-state index contributed by atoms with van der Waals surface area (Å²) >= 11 is 1.31. The zero-order valence-corrected chi connectivity index (χ0v) is 16.4. The Balaban J connectivity index is 1.51. The molecule has 0 aliphatic carbocycles. The molecule has 29 heavy (non-hydrogen) atoms. The summed E-state index contributed by atoms with van der Waals surface area (Å²) in [5.74, 6) is 0.188. The molecule has 8 nitrogen and oxygen atoms in total. The van der Waals surface area contributed by atoms with Crippen LogP contribution in [-0.4, -0.2) is 36.0 Å². The van der Waals surface area contributed by atoms with Crippen LogP contribution in [0.15, 0.2) is 18.2 Å². The van der Waals surface area contributed by atoms with E-state index in [1.165, 1.54) is 11.3 Å². The molecule has 0 unspecified atom stereocenters. The smallest absolute Gasteiger partial charge is 0.245 e. The van der Waals surface area contributed by atoms with Gasteiger partial charge in [0.05, 0.1) is 5.56 Å². The Bertz CT molecular complexity index is 1050. The Morgan fingerprint density at radius 3 is 2.69 bits per heavy atom. The summed E-state index contributed by atoms with van der Waals surface area (Å²) in [7, 11) is 0. The first-order valence-electron chi connectivity index (χ1n) is 9.00. The Labute approximate surface area is 170 Å². The second kappa shape index (κ2) is 7.56. The van der Waals surface area contributed by atoms with Crippen LogP contribution in [0.4, 0.5) is 5.00 Å². The van der Waals surface area contributed by atoms with Gasteiger partial charge in [0.25, 0.3) is 0 Å². The monoisotopic (exact) mass is 411 g/mol. The second-order valence-electron chi connectivity index (χ2n) is 6.75. The maximum atomic E-state index is 12.3. The molecule has 0 radical (unpaired) electrons. The highest BCUT2D eigenvalue weighted by Gasteiger charge is 2.31. The number of carbonyl (C=O) groups excluding carboxylic acids is 3. The summed E-state index contributed by atoms with van der Waals surface area (Å²) in [6.07, 6.45) is 0.835. The van der Waals surface area contributed by atoms with E-state index in [1.807, 2.05) is 25.1 Å². The van der Waals surface area contributed by atoms with E-state index >= 15 is 0 Å². The molecule has 1 aromatic heterocycles. The van der Waals surface area contributed by atoms with Gasteiger partial charge in [-0.2, -0.15) is 5.26 Å². The molecule has 2 aromatic rings. The molecule has 9 heteroatoms. The normalized spacial score (nSPS) is 15.0. The highest BCUT2D eigenvalue weighted by atomic mass is 32.1. The van der Waals surface area contributed by atoms with E-state index in [4.69, 9.17) is 9.47 Å². The van der Waals surface area contributed by atoms with Gasteiger partial charge in [0, 0.05) is 24.1 Å². The molecular weight excluding hydrogens is 394 g/mol. The number of imide groups is 1. The fourth-order valence-corrected chi connectivity index (χ4v) is 4.50. The minimum Gasteiger partial charge on any atom is -0.454 e. The summed E-state index contributed by atoms with van der Waals surface area (Å²) in [6, 6.07) is 7.81. The molecule has 2 aliphatic heterocycles. The van der Waals surface area contributed by atoms with Crippen molar-refractivity contribution < 1.29 is 23.9 Å². The van der Waals surface area contributed by atoms with E-state index in [2.05, 4.69) is 11.4 Å². The maximum absolute atomic E-state index is 12.3. The van der Waals surface area contributed by atoms with Crippen molar-refractivity contribution in [1.82, 2.24) is 4.90 Å². The predicted molar refractivity (Wildman–Crippen MR) is 104 cm³/mol. The lowest BCUT2D eigenvalue weighted by atomic mass is 10.1. The number of fused-ring (bicyclic) bond motifs is 1. The van der Waals surface area contributed by atoms with Gasteiger partial charge >= 0.3 is 0 Å². The Morgan fingerprint density at radius 1 is 1.24 bits per heavy atom. The van der Waals surface area contributed by atoms with Crippen LogP contribution < -0.4 is 14.8 Å². The number of thiophene rings is 1. The fraction of sp³-hybridized carbons (Fsp3) is 0.300. The summed E-state index contributed by atoms with van der Waals surface area (Å²) in [4.78, 5) is 37.6. The van der Waals surface area contributed by atoms with E-state index in [0.29, 0.717) is 28.5 Å². The van der Waals surface area contributed by atoms with Gasteiger partial charge in [-0.3, -0.25) is 19.3 Å². The van der Waals surface area contributed by atoms with E-state index in [0.717, 1.165) is 20.9 Å². The number of benzene rings is 1. The number of likely N-dealkylation sites (tertiary alicyclic amines) is 1. The molecule has 1 fully saturated rings. The van der Waals surface area contributed by atoms with Gasteiger partial charge in [0.2, 0.25) is 24.5 Å². The average molecular weight is 411 g/mol. The van der Waals surface area contributed by atoms with Gasteiger partial charge in [0.15, 0.2) is 11.5 Å². The minimum absolute atomic E-state index is 0.132. The molecule has 0 saturated carbocycles. The molecular formula is C20H17N3O5S. The number of nitrogens with zero attached hydrogens (tertiary/aromatic N) is 2. The van der Waals surface area contributed by atoms with Crippen LogP contribution >= 0.6 is 11.3 Å². The topological polar surface area (TPSA) is 109 Å². The van der Waals surface area contributed by atoms with Crippen molar-refractivity contribution in [3.63, 3.8) is 0 Å². The van der Waals surface area contributed by atoms with Crippen LogP contribution in [0.2, 0.25) is 0 Å². The summed E-state index contributed by atoms with van der Waals surface area (Å²) in [5, 5.41) is 12.6. The highest BCUT2D eigenvalue weighted by Crippen LogP contribution is 2.37. The number of hydrogen-bond donors (Lipinski definition) is 1. The van der Waals surface area contributed by atoms with Crippen molar-refractivity contribution in [2.75, 3.05) is 18.7 Å². The van der Waals surface area contributed by atoms with Gasteiger partial charge in [-0.25, -0.2) is 0 Å². The van der Waals surface area contributed by atoms with E-state index in [9.17, 15) is 19.6 Å². The maximum Gasteiger partial charge on any atom is 0.245 e. The molecule has 1 saturated heterocycles. The number of hydrogen-bond acceptors (Lipinski definition) is 7. The predicted octanol–water partition coefficient (Wildman–Crippen LogP) is 2.34. The van der Waals surface area contributed by atoms with E-state index < -0.39 is 5.91 Å². The number of carbonyl (C=O) groups is 3. The first-order chi connectivity index (χ1) is 14.0. The standard InChI is InChI=1S/C20H17N3O5S/c1-11-13(8-21)20(22-17(24)9-23-18(25)4-5-19(23)26)29-16(11)7-12-2-3-14-15(6-12)28-10-27-14/h2-3,6H,4-5,7,9-10H2,1H3,(H,22,24). The van der Waals surface area contributed by atoms with Crippen molar-refractivity contribution in [2.45, 2.75) is 26.2 Å². The largest absolute Gasteiger partial charge is 0.454 e. The molecule has 1 N–H and O–H groups in total. The van der Waals surface area contributed by atoms with Gasteiger partial charge < -0.3 is 14.8 Å². The zero-order valence-electron chi connectivity index (χ0n) is 15.6.